The Balaban J connectivity index is 1.48. The Kier molecular flexibility index (Phi) is 6.06. The second-order valence-corrected chi connectivity index (χ2v) is 7.94. The van der Waals surface area contributed by atoms with Gasteiger partial charge in [0, 0.05) is 29.6 Å². The van der Waals surface area contributed by atoms with Crippen LogP contribution >= 0.6 is 0 Å². The molecule has 0 atom stereocenters. The van der Waals surface area contributed by atoms with Crippen molar-refractivity contribution in [2.45, 2.75) is 6.54 Å². The van der Waals surface area contributed by atoms with Crippen molar-refractivity contribution < 1.29 is 9.18 Å². The Morgan fingerprint density at radius 1 is 1.08 bits per heavy atom. The second kappa shape index (κ2) is 9.63. The Hall–Kier alpha value is -5.12. The summed E-state index contributed by atoms with van der Waals surface area (Å²) in [5, 5.41) is 7.18. The number of nitrogens with two attached hydrogens (primary N) is 2. The summed E-state index contributed by atoms with van der Waals surface area (Å²) in [6.07, 6.45) is 4.43. The molecule has 3 heterocycles. The number of aliphatic imine (C=N–C) groups is 1. The van der Waals surface area contributed by atoms with E-state index in [1.807, 2.05) is 30.3 Å². The van der Waals surface area contributed by atoms with E-state index in [4.69, 9.17) is 11.5 Å². The number of amides is 1. The molecule has 5 aromatic rings. The topological polar surface area (TPSA) is 137 Å². The number of hydrogen-bond acceptors (Lipinski definition) is 7. The van der Waals surface area contributed by atoms with Crippen molar-refractivity contribution in [1.29, 1.82) is 0 Å². The van der Waals surface area contributed by atoms with Crippen molar-refractivity contribution in [2.24, 2.45) is 10.7 Å². The molecule has 0 unspecified atom stereocenters. The number of halogens is 1. The SMILES string of the molecule is N/C=C(\C=NCc1ccccc1)NC(=O)c1cc(-c2ccn3nc(N)nc3c2)nc2ccc(F)cc12. The molecule has 0 saturated carbocycles. The van der Waals surface area contributed by atoms with E-state index in [1.165, 1.54) is 35.1 Å². The Bertz CT molecular complexity index is 1640. The average Bonchev–Trinajstić information content (AvgIpc) is 3.27. The maximum absolute atomic E-state index is 14.1. The van der Waals surface area contributed by atoms with Gasteiger partial charge in [0.1, 0.15) is 5.82 Å². The number of benzene rings is 2. The lowest BCUT2D eigenvalue weighted by Gasteiger charge is -2.11. The second-order valence-electron chi connectivity index (χ2n) is 7.94. The van der Waals surface area contributed by atoms with Crippen LogP contribution in [0.4, 0.5) is 10.3 Å². The third-order valence-corrected chi connectivity index (χ3v) is 5.45. The molecule has 5 N–H and O–H groups in total. The zero-order chi connectivity index (χ0) is 25.1. The molecule has 0 aliphatic heterocycles. The van der Waals surface area contributed by atoms with Gasteiger partial charge in [-0.1, -0.05) is 30.3 Å². The molecule has 0 aliphatic carbocycles. The first-order valence-electron chi connectivity index (χ1n) is 11.0. The molecule has 0 spiro atoms. The minimum atomic E-state index is -0.482. The van der Waals surface area contributed by atoms with Gasteiger partial charge in [0.05, 0.1) is 29.0 Å². The Morgan fingerprint density at radius 3 is 2.72 bits per heavy atom. The summed E-state index contributed by atoms with van der Waals surface area (Å²) in [6.45, 7) is 0.428. The number of rotatable bonds is 6. The normalized spacial score (nSPS) is 12.0. The lowest BCUT2D eigenvalue weighted by molar-refractivity contribution is 0.0969. The highest BCUT2D eigenvalue weighted by Crippen LogP contribution is 2.26. The molecular formula is C26H21FN8O. The van der Waals surface area contributed by atoms with Crippen molar-refractivity contribution in [1.82, 2.24) is 24.9 Å². The fraction of sp³-hybridized carbons (Fsp3) is 0.0385. The van der Waals surface area contributed by atoms with Crippen LogP contribution in [0.1, 0.15) is 15.9 Å². The number of hydrogen-bond donors (Lipinski definition) is 3. The van der Waals surface area contributed by atoms with E-state index in [0.717, 1.165) is 5.56 Å². The Labute approximate surface area is 205 Å². The number of aromatic nitrogens is 4. The molecule has 9 nitrogen and oxygen atoms in total. The van der Waals surface area contributed by atoms with E-state index in [1.54, 1.807) is 24.4 Å². The summed E-state index contributed by atoms with van der Waals surface area (Å²) in [7, 11) is 0. The number of pyridine rings is 2. The fourth-order valence-corrected chi connectivity index (χ4v) is 3.74. The minimum absolute atomic E-state index is 0.143. The van der Waals surface area contributed by atoms with Gasteiger partial charge in [-0.3, -0.25) is 9.79 Å². The number of anilines is 1. The van der Waals surface area contributed by atoms with Gasteiger partial charge in [0.25, 0.3) is 5.91 Å². The molecule has 0 fully saturated rings. The van der Waals surface area contributed by atoms with Crippen molar-refractivity contribution in [3.05, 3.63) is 102 Å². The maximum Gasteiger partial charge on any atom is 0.256 e. The van der Waals surface area contributed by atoms with Gasteiger partial charge in [0.15, 0.2) is 5.65 Å². The average molecular weight is 481 g/mol. The van der Waals surface area contributed by atoms with Crippen LogP contribution in [0.5, 0.6) is 0 Å². The first-order chi connectivity index (χ1) is 17.5. The third-order valence-electron chi connectivity index (χ3n) is 5.45. The van der Waals surface area contributed by atoms with Crippen molar-refractivity contribution in [3.63, 3.8) is 0 Å². The van der Waals surface area contributed by atoms with Gasteiger partial charge < -0.3 is 16.8 Å². The molecule has 178 valence electrons. The maximum atomic E-state index is 14.1. The molecule has 5 rings (SSSR count). The molecule has 0 radical (unpaired) electrons. The molecule has 10 heteroatoms. The zero-order valence-corrected chi connectivity index (χ0v) is 19.0. The monoisotopic (exact) mass is 480 g/mol. The molecule has 2 aromatic carbocycles. The molecule has 0 aliphatic rings. The van der Waals surface area contributed by atoms with Gasteiger partial charge in [-0.25, -0.2) is 13.9 Å². The number of fused-ring (bicyclic) bond motifs is 2. The number of nitrogens with one attached hydrogen (secondary N) is 1. The number of carbonyl (C=O) groups is 1. The highest BCUT2D eigenvalue weighted by atomic mass is 19.1. The van der Waals surface area contributed by atoms with Gasteiger partial charge in [-0.05, 0) is 42.0 Å². The molecule has 0 saturated heterocycles. The van der Waals surface area contributed by atoms with Crippen LogP contribution in [0, 0.1) is 5.82 Å². The third kappa shape index (κ3) is 4.73. The van der Waals surface area contributed by atoms with E-state index in [0.29, 0.717) is 40.0 Å². The predicted octanol–water partition coefficient (Wildman–Crippen LogP) is 3.47. The lowest BCUT2D eigenvalue weighted by Crippen LogP contribution is -2.25. The standard InChI is InChI=1S/C26H21FN8O/c27-18-6-7-22-20(11-18)21(12-23(32-22)17-8-9-35-24(10-17)33-26(29)34-35)25(36)31-19(13-28)15-30-14-16-4-2-1-3-5-16/h1-13,15H,14,28H2,(H2,29,34)(H,31,36)/b19-13+,30-15?. The predicted molar refractivity (Wildman–Crippen MR) is 136 cm³/mol. The first-order valence-corrected chi connectivity index (χ1v) is 11.0. The van der Waals surface area contributed by atoms with E-state index in [2.05, 4.69) is 25.4 Å². The molecule has 1 amide bonds. The van der Waals surface area contributed by atoms with E-state index < -0.39 is 11.7 Å². The highest BCUT2D eigenvalue weighted by Gasteiger charge is 2.16. The number of nitrogens with zero attached hydrogens (tertiary/aromatic N) is 5. The highest BCUT2D eigenvalue weighted by molar-refractivity contribution is 6.09. The summed E-state index contributed by atoms with van der Waals surface area (Å²) in [5.74, 6) is -0.820. The van der Waals surface area contributed by atoms with Crippen molar-refractivity contribution in [2.75, 3.05) is 5.73 Å². The van der Waals surface area contributed by atoms with Crippen LogP contribution in [0.15, 0.2) is 89.8 Å². The van der Waals surface area contributed by atoms with Crippen LogP contribution in [0.2, 0.25) is 0 Å². The van der Waals surface area contributed by atoms with Gasteiger partial charge in [-0.2, -0.15) is 4.98 Å². The van der Waals surface area contributed by atoms with E-state index >= 15 is 0 Å². The first kappa shape index (κ1) is 22.7. The van der Waals surface area contributed by atoms with Crippen molar-refractivity contribution >= 4 is 34.6 Å². The smallest absolute Gasteiger partial charge is 0.256 e. The lowest BCUT2D eigenvalue weighted by atomic mass is 10.0. The quantitative estimate of drug-likeness (QED) is 0.318. The van der Waals surface area contributed by atoms with Crippen LogP contribution < -0.4 is 16.8 Å². The molecule has 3 aromatic heterocycles. The summed E-state index contributed by atoms with van der Waals surface area (Å²) in [4.78, 5) is 26.4. The largest absolute Gasteiger partial charge is 0.403 e. The summed E-state index contributed by atoms with van der Waals surface area (Å²) < 4.78 is 15.6. The van der Waals surface area contributed by atoms with Gasteiger partial charge in [-0.15, -0.1) is 5.10 Å². The van der Waals surface area contributed by atoms with Crippen LogP contribution in [-0.2, 0) is 6.54 Å². The summed E-state index contributed by atoms with van der Waals surface area (Å²) in [5.41, 5.74) is 15.1. The van der Waals surface area contributed by atoms with E-state index in [9.17, 15) is 9.18 Å². The zero-order valence-electron chi connectivity index (χ0n) is 19.0. The number of carbonyl (C=O) groups excluding carboxylic acids is 1. The summed E-state index contributed by atoms with van der Waals surface area (Å²) >= 11 is 0. The Morgan fingerprint density at radius 2 is 1.92 bits per heavy atom. The van der Waals surface area contributed by atoms with Crippen molar-refractivity contribution in [3.8, 4) is 11.3 Å². The van der Waals surface area contributed by atoms with Crippen LogP contribution in [0.3, 0.4) is 0 Å². The molecule has 36 heavy (non-hydrogen) atoms. The molecular weight excluding hydrogens is 459 g/mol. The molecule has 0 bridgehead atoms. The number of nitrogen functional groups attached to an aromatic ring is 1. The van der Waals surface area contributed by atoms with Crippen LogP contribution in [0.25, 0.3) is 27.8 Å². The minimum Gasteiger partial charge on any atom is -0.403 e. The van der Waals surface area contributed by atoms with Gasteiger partial charge >= 0.3 is 0 Å². The van der Waals surface area contributed by atoms with Gasteiger partial charge in [0.2, 0.25) is 5.95 Å². The van der Waals surface area contributed by atoms with Crippen LogP contribution in [-0.4, -0.2) is 31.7 Å². The number of allylic oxidation sites excluding steroid dienone is 1. The fourth-order valence-electron chi connectivity index (χ4n) is 3.74. The summed E-state index contributed by atoms with van der Waals surface area (Å²) in [6, 6.07) is 18.9. The van der Waals surface area contributed by atoms with E-state index in [-0.39, 0.29) is 11.5 Å².